The molecule has 2 rings (SSSR count). The van der Waals surface area contributed by atoms with Gasteiger partial charge in [0.05, 0.1) is 12.0 Å². The van der Waals surface area contributed by atoms with Crippen LogP contribution in [0.1, 0.15) is 16.7 Å². The Labute approximate surface area is 120 Å². The second-order valence-electron chi connectivity index (χ2n) is 4.79. The highest BCUT2D eigenvalue weighted by Crippen LogP contribution is 2.30. The van der Waals surface area contributed by atoms with Gasteiger partial charge in [0.25, 0.3) is 0 Å². The van der Waals surface area contributed by atoms with Crippen molar-refractivity contribution in [1.82, 2.24) is 0 Å². The van der Waals surface area contributed by atoms with Crippen LogP contribution >= 0.6 is 0 Å². The zero-order valence-electron chi connectivity index (χ0n) is 11.4. The number of carbonyl (C=O) groups is 1. The van der Waals surface area contributed by atoms with E-state index in [4.69, 9.17) is 0 Å². The molecule has 0 spiro atoms. The summed E-state index contributed by atoms with van der Waals surface area (Å²) in [6.45, 7) is 1.91. The molecule has 0 aliphatic rings. The summed E-state index contributed by atoms with van der Waals surface area (Å²) in [5, 5.41) is 2.48. The van der Waals surface area contributed by atoms with Gasteiger partial charge in [-0.1, -0.05) is 35.9 Å². The molecule has 21 heavy (non-hydrogen) atoms. The molecule has 2 aromatic rings. The first-order valence-electron chi connectivity index (χ1n) is 6.37. The van der Waals surface area contributed by atoms with E-state index in [2.05, 4.69) is 5.32 Å². The standard InChI is InChI=1S/C16H14F3NO/c1-11-4-2-5-12(8-11)9-15(21)20-14-7-3-6-13(10-14)16(17,18)19/h2-8,10H,9H2,1H3,(H,20,21). The first kappa shape index (κ1) is 15.1. The highest BCUT2D eigenvalue weighted by Gasteiger charge is 2.30. The highest BCUT2D eigenvalue weighted by molar-refractivity contribution is 5.92. The lowest BCUT2D eigenvalue weighted by molar-refractivity contribution is -0.137. The fourth-order valence-corrected chi connectivity index (χ4v) is 1.99. The zero-order valence-corrected chi connectivity index (χ0v) is 11.4. The largest absolute Gasteiger partial charge is 0.416 e. The molecule has 2 aromatic carbocycles. The van der Waals surface area contributed by atoms with Crippen molar-refractivity contribution < 1.29 is 18.0 Å². The second kappa shape index (κ2) is 5.99. The molecule has 0 fully saturated rings. The first-order valence-corrected chi connectivity index (χ1v) is 6.37. The Kier molecular flexibility index (Phi) is 4.31. The number of alkyl halides is 3. The predicted molar refractivity (Wildman–Crippen MR) is 75.0 cm³/mol. The molecule has 0 radical (unpaired) electrons. The van der Waals surface area contributed by atoms with Gasteiger partial charge in [-0.25, -0.2) is 0 Å². The number of hydrogen-bond acceptors (Lipinski definition) is 1. The number of anilines is 1. The average Bonchev–Trinajstić information content (AvgIpc) is 2.37. The van der Waals surface area contributed by atoms with E-state index in [1.807, 2.05) is 25.1 Å². The third-order valence-corrected chi connectivity index (χ3v) is 2.92. The van der Waals surface area contributed by atoms with E-state index in [0.717, 1.165) is 23.3 Å². The number of carbonyl (C=O) groups excluding carboxylic acids is 1. The highest BCUT2D eigenvalue weighted by atomic mass is 19.4. The molecule has 110 valence electrons. The van der Waals surface area contributed by atoms with Crippen LogP contribution in [0.5, 0.6) is 0 Å². The van der Waals surface area contributed by atoms with Crippen molar-refractivity contribution in [2.24, 2.45) is 0 Å². The Hall–Kier alpha value is -2.30. The maximum absolute atomic E-state index is 12.6. The van der Waals surface area contributed by atoms with Gasteiger partial charge in [0.1, 0.15) is 0 Å². The summed E-state index contributed by atoms with van der Waals surface area (Å²) in [6.07, 6.45) is -4.30. The minimum atomic E-state index is -4.42. The van der Waals surface area contributed by atoms with E-state index in [9.17, 15) is 18.0 Å². The van der Waals surface area contributed by atoms with Crippen molar-refractivity contribution in [3.05, 3.63) is 65.2 Å². The lowest BCUT2D eigenvalue weighted by Gasteiger charge is -2.10. The number of aryl methyl sites for hydroxylation is 1. The molecule has 0 unspecified atom stereocenters. The summed E-state index contributed by atoms with van der Waals surface area (Å²) in [7, 11) is 0. The van der Waals surface area contributed by atoms with Gasteiger partial charge in [-0.05, 0) is 30.7 Å². The predicted octanol–water partition coefficient (Wildman–Crippen LogP) is 4.20. The Bertz CT molecular complexity index is 650. The van der Waals surface area contributed by atoms with Crippen LogP contribution < -0.4 is 5.32 Å². The lowest BCUT2D eigenvalue weighted by atomic mass is 10.1. The molecule has 5 heteroatoms. The van der Waals surface area contributed by atoms with Gasteiger partial charge in [-0.2, -0.15) is 13.2 Å². The Morgan fingerprint density at radius 3 is 2.48 bits per heavy atom. The third kappa shape index (κ3) is 4.34. The molecule has 1 N–H and O–H groups in total. The minimum Gasteiger partial charge on any atom is -0.326 e. The van der Waals surface area contributed by atoms with Crippen molar-refractivity contribution in [3.8, 4) is 0 Å². The molecule has 0 aliphatic carbocycles. The zero-order chi connectivity index (χ0) is 15.5. The van der Waals surface area contributed by atoms with Crippen LogP contribution in [0.4, 0.5) is 18.9 Å². The van der Waals surface area contributed by atoms with Crippen molar-refractivity contribution in [2.45, 2.75) is 19.5 Å². The fraction of sp³-hybridized carbons (Fsp3) is 0.188. The number of benzene rings is 2. The van der Waals surface area contributed by atoms with Gasteiger partial charge in [-0.15, -0.1) is 0 Å². The Morgan fingerprint density at radius 1 is 1.10 bits per heavy atom. The number of hydrogen-bond donors (Lipinski definition) is 1. The molecular weight excluding hydrogens is 279 g/mol. The van der Waals surface area contributed by atoms with Gasteiger partial charge < -0.3 is 5.32 Å². The van der Waals surface area contributed by atoms with E-state index in [1.165, 1.54) is 12.1 Å². The number of nitrogens with one attached hydrogen (secondary N) is 1. The van der Waals surface area contributed by atoms with Crippen LogP contribution in [0.15, 0.2) is 48.5 Å². The molecule has 0 bridgehead atoms. The van der Waals surface area contributed by atoms with Gasteiger partial charge >= 0.3 is 6.18 Å². The smallest absolute Gasteiger partial charge is 0.326 e. The molecule has 0 saturated carbocycles. The molecule has 0 aromatic heterocycles. The van der Waals surface area contributed by atoms with Crippen molar-refractivity contribution in [3.63, 3.8) is 0 Å². The molecule has 0 heterocycles. The van der Waals surface area contributed by atoms with Gasteiger partial charge in [0.2, 0.25) is 5.91 Å². The van der Waals surface area contributed by atoms with E-state index < -0.39 is 11.7 Å². The Balaban J connectivity index is 2.06. The summed E-state index contributed by atoms with van der Waals surface area (Å²) in [4.78, 5) is 11.9. The van der Waals surface area contributed by atoms with Crippen molar-refractivity contribution in [2.75, 3.05) is 5.32 Å². The van der Waals surface area contributed by atoms with Crippen LogP contribution in [-0.2, 0) is 17.4 Å². The maximum atomic E-state index is 12.6. The fourth-order valence-electron chi connectivity index (χ4n) is 1.99. The molecule has 2 nitrogen and oxygen atoms in total. The normalized spacial score (nSPS) is 11.2. The van der Waals surface area contributed by atoms with E-state index >= 15 is 0 Å². The number of halogens is 3. The SMILES string of the molecule is Cc1cccc(CC(=O)Nc2cccc(C(F)(F)F)c2)c1. The van der Waals surface area contributed by atoms with E-state index in [0.29, 0.717) is 0 Å². The van der Waals surface area contributed by atoms with Crippen LogP contribution in [0.3, 0.4) is 0 Å². The average molecular weight is 293 g/mol. The van der Waals surface area contributed by atoms with Crippen molar-refractivity contribution >= 4 is 11.6 Å². The van der Waals surface area contributed by atoms with Crippen LogP contribution in [-0.4, -0.2) is 5.91 Å². The molecule has 0 aliphatic heterocycles. The molecule has 1 amide bonds. The number of amides is 1. The third-order valence-electron chi connectivity index (χ3n) is 2.92. The summed E-state index contributed by atoms with van der Waals surface area (Å²) < 4.78 is 37.8. The van der Waals surface area contributed by atoms with Crippen LogP contribution in [0.2, 0.25) is 0 Å². The summed E-state index contributed by atoms with van der Waals surface area (Å²) in [5.74, 6) is -0.347. The van der Waals surface area contributed by atoms with Gasteiger partial charge in [0, 0.05) is 5.69 Å². The topological polar surface area (TPSA) is 29.1 Å². The van der Waals surface area contributed by atoms with Gasteiger partial charge in [0.15, 0.2) is 0 Å². The monoisotopic (exact) mass is 293 g/mol. The van der Waals surface area contributed by atoms with E-state index in [1.54, 1.807) is 6.07 Å². The lowest BCUT2D eigenvalue weighted by Crippen LogP contribution is -2.15. The first-order chi connectivity index (χ1) is 9.84. The minimum absolute atomic E-state index is 0.123. The Morgan fingerprint density at radius 2 is 1.81 bits per heavy atom. The molecular formula is C16H14F3NO. The summed E-state index contributed by atoms with van der Waals surface area (Å²) in [6, 6.07) is 12.0. The quantitative estimate of drug-likeness (QED) is 0.903. The second-order valence-corrected chi connectivity index (χ2v) is 4.79. The van der Waals surface area contributed by atoms with Crippen LogP contribution in [0.25, 0.3) is 0 Å². The molecule has 0 saturated heterocycles. The number of rotatable bonds is 3. The summed E-state index contributed by atoms with van der Waals surface area (Å²) >= 11 is 0. The van der Waals surface area contributed by atoms with E-state index in [-0.39, 0.29) is 18.0 Å². The van der Waals surface area contributed by atoms with Crippen LogP contribution in [0, 0.1) is 6.92 Å². The van der Waals surface area contributed by atoms with Gasteiger partial charge in [-0.3, -0.25) is 4.79 Å². The maximum Gasteiger partial charge on any atom is 0.416 e. The molecule has 0 atom stereocenters. The van der Waals surface area contributed by atoms with Crippen molar-refractivity contribution in [1.29, 1.82) is 0 Å². The summed E-state index contributed by atoms with van der Waals surface area (Å²) in [5.41, 5.74) is 1.21.